The summed E-state index contributed by atoms with van der Waals surface area (Å²) in [7, 11) is 1.57. The fraction of sp³-hybridized carbons (Fsp3) is 0.333. The highest BCUT2D eigenvalue weighted by molar-refractivity contribution is 5.95. The van der Waals surface area contributed by atoms with E-state index in [-0.39, 0.29) is 18.5 Å². The molecule has 5 rings (SSSR count). The van der Waals surface area contributed by atoms with Crippen LogP contribution >= 0.6 is 0 Å². The van der Waals surface area contributed by atoms with Gasteiger partial charge in [0, 0.05) is 31.4 Å². The predicted octanol–water partition coefficient (Wildman–Crippen LogP) is 2.81. The maximum Gasteiger partial charge on any atom is 0.415 e. The molecule has 0 unspecified atom stereocenters. The van der Waals surface area contributed by atoms with Crippen molar-refractivity contribution in [3.8, 4) is 5.88 Å². The first-order valence-electron chi connectivity index (χ1n) is 11.0. The average molecular weight is 465 g/mol. The Hall–Kier alpha value is -3.95. The summed E-state index contributed by atoms with van der Waals surface area (Å²) in [5, 5.41) is 2.98. The van der Waals surface area contributed by atoms with Crippen molar-refractivity contribution >= 4 is 34.4 Å². The van der Waals surface area contributed by atoms with E-state index in [9.17, 15) is 14.0 Å². The molecule has 34 heavy (non-hydrogen) atoms. The van der Waals surface area contributed by atoms with E-state index < -0.39 is 18.0 Å². The highest BCUT2D eigenvalue weighted by Crippen LogP contribution is 2.29. The molecule has 2 aliphatic heterocycles. The second-order valence-corrected chi connectivity index (χ2v) is 8.41. The van der Waals surface area contributed by atoms with Gasteiger partial charge in [-0.2, -0.15) is 0 Å². The number of rotatable bonds is 5. The van der Waals surface area contributed by atoms with E-state index in [1.165, 1.54) is 11.0 Å². The van der Waals surface area contributed by atoms with Crippen molar-refractivity contribution in [2.24, 2.45) is 0 Å². The van der Waals surface area contributed by atoms with Crippen LogP contribution in [0.2, 0.25) is 0 Å². The van der Waals surface area contributed by atoms with Crippen molar-refractivity contribution in [2.45, 2.75) is 25.5 Å². The first kappa shape index (κ1) is 21.9. The van der Waals surface area contributed by atoms with Gasteiger partial charge in [0.2, 0.25) is 5.88 Å². The van der Waals surface area contributed by atoms with E-state index in [1.807, 2.05) is 12.1 Å². The lowest BCUT2D eigenvalue weighted by Gasteiger charge is -2.21. The number of aryl methyl sites for hydroxylation is 1. The van der Waals surface area contributed by atoms with E-state index in [2.05, 4.69) is 20.2 Å². The Morgan fingerprint density at radius 1 is 1.24 bits per heavy atom. The molecule has 3 aromatic rings. The quantitative estimate of drug-likeness (QED) is 0.619. The van der Waals surface area contributed by atoms with Crippen LogP contribution < -0.4 is 19.9 Å². The number of amides is 2. The number of hydrogen-bond acceptors (Lipinski definition) is 7. The number of nitrogens with one attached hydrogen (secondary N) is 1. The first-order chi connectivity index (χ1) is 16.4. The van der Waals surface area contributed by atoms with Crippen LogP contribution in [0.25, 0.3) is 11.0 Å². The standard InChI is InChI=1S/C24H24FN5O4/c1-14-3-4-16(11-17(14)25)30-13-20(34-24(30)32)23(31)27-15-8-10-29(12-15)19-7-9-26-18-5-6-21(33-2)28-22(18)19/h3-7,9,11,15,20H,8,10,12-13H2,1-2H3,(H,27,31)/t15-,20+/m1/s1. The SMILES string of the molecule is COc1ccc2nccc(N3CC[C@@H](NC(=O)[C@@H]4CN(c5ccc(C)c(F)c5)C(=O)O4)C3)c2n1. The number of fused-ring (bicyclic) bond motifs is 1. The Kier molecular flexibility index (Phi) is 5.64. The molecule has 2 atom stereocenters. The van der Waals surface area contributed by atoms with Crippen LogP contribution in [0.3, 0.4) is 0 Å². The number of aromatic nitrogens is 2. The Balaban J connectivity index is 1.24. The van der Waals surface area contributed by atoms with Gasteiger partial charge in [-0.05, 0) is 43.2 Å². The molecule has 2 aliphatic rings. The van der Waals surface area contributed by atoms with Crippen molar-refractivity contribution < 1.29 is 23.5 Å². The second kappa shape index (κ2) is 8.77. The van der Waals surface area contributed by atoms with E-state index in [1.54, 1.807) is 38.4 Å². The molecule has 2 fully saturated rings. The molecule has 2 amide bonds. The van der Waals surface area contributed by atoms with Gasteiger partial charge in [-0.25, -0.2) is 14.2 Å². The van der Waals surface area contributed by atoms with Gasteiger partial charge in [0.15, 0.2) is 6.10 Å². The molecule has 0 aliphatic carbocycles. The Labute approximate surface area is 195 Å². The summed E-state index contributed by atoms with van der Waals surface area (Å²) < 4.78 is 24.4. The van der Waals surface area contributed by atoms with E-state index in [0.29, 0.717) is 23.7 Å². The largest absolute Gasteiger partial charge is 0.481 e. The molecule has 0 spiro atoms. The minimum absolute atomic E-state index is 0.0301. The third-order valence-electron chi connectivity index (χ3n) is 6.19. The molecule has 2 aromatic heterocycles. The number of benzene rings is 1. The van der Waals surface area contributed by atoms with Gasteiger partial charge < -0.3 is 19.7 Å². The fourth-order valence-corrected chi connectivity index (χ4v) is 4.31. The van der Waals surface area contributed by atoms with Crippen LogP contribution in [0, 0.1) is 12.7 Å². The zero-order valence-electron chi connectivity index (χ0n) is 18.8. The lowest BCUT2D eigenvalue weighted by atomic mass is 10.2. The first-order valence-corrected chi connectivity index (χ1v) is 11.0. The Morgan fingerprint density at radius 2 is 2.09 bits per heavy atom. The van der Waals surface area contributed by atoms with Gasteiger partial charge in [0.05, 0.1) is 30.5 Å². The van der Waals surface area contributed by atoms with Crippen LogP contribution in [0.1, 0.15) is 12.0 Å². The van der Waals surface area contributed by atoms with Gasteiger partial charge in [0.1, 0.15) is 11.3 Å². The van der Waals surface area contributed by atoms with Gasteiger partial charge in [-0.1, -0.05) is 6.07 Å². The number of pyridine rings is 2. The van der Waals surface area contributed by atoms with E-state index in [0.717, 1.165) is 29.7 Å². The van der Waals surface area contributed by atoms with Crippen LogP contribution in [-0.4, -0.2) is 60.9 Å². The summed E-state index contributed by atoms with van der Waals surface area (Å²) in [4.78, 5) is 37.5. The molecule has 10 heteroatoms. The Morgan fingerprint density at radius 3 is 2.88 bits per heavy atom. The number of halogens is 1. The maximum atomic E-state index is 13.9. The minimum Gasteiger partial charge on any atom is -0.481 e. The zero-order valence-corrected chi connectivity index (χ0v) is 18.8. The van der Waals surface area contributed by atoms with Crippen LogP contribution in [0.5, 0.6) is 5.88 Å². The molecular formula is C24H24FN5O4. The molecule has 0 saturated carbocycles. The van der Waals surface area contributed by atoms with Crippen molar-refractivity contribution in [1.82, 2.24) is 15.3 Å². The van der Waals surface area contributed by atoms with Crippen LogP contribution in [0.4, 0.5) is 20.6 Å². The lowest BCUT2D eigenvalue weighted by Crippen LogP contribution is -2.44. The van der Waals surface area contributed by atoms with E-state index >= 15 is 0 Å². The second-order valence-electron chi connectivity index (χ2n) is 8.41. The summed E-state index contributed by atoms with van der Waals surface area (Å²) in [6.45, 7) is 2.98. The van der Waals surface area contributed by atoms with Crippen molar-refractivity contribution in [2.75, 3.05) is 36.5 Å². The molecule has 1 N–H and O–H groups in total. The van der Waals surface area contributed by atoms with Crippen LogP contribution in [0.15, 0.2) is 42.6 Å². The molecule has 1 aromatic carbocycles. The maximum absolute atomic E-state index is 13.9. The van der Waals surface area contributed by atoms with Crippen molar-refractivity contribution in [3.63, 3.8) is 0 Å². The summed E-state index contributed by atoms with van der Waals surface area (Å²) in [5.74, 6) is -0.276. The monoisotopic (exact) mass is 465 g/mol. The number of methoxy groups -OCH3 is 1. The number of nitrogens with zero attached hydrogens (tertiary/aromatic N) is 4. The highest BCUT2D eigenvalue weighted by atomic mass is 19.1. The zero-order chi connectivity index (χ0) is 23.8. The number of cyclic esters (lactones) is 1. The number of anilines is 2. The summed E-state index contributed by atoms with van der Waals surface area (Å²) >= 11 is 0. The Bertz CT molecular complexity index is 1270. The van der Waals surface area contributed by atoms with Gasteiger partial charge in [-0.15, -0.1) is 0 Å². The minimum atomic E-state index is -0.960. The highest BCUT2D eigenvalue weighted by Gasteiger charge is 2.38. The summed E-state index contributed by atoms with van der Waals surface area (Å²) in [5.41, 5.74) is 3.26. The molecule has 9 nitrogen and oxygen atoms in total. The lowest BCUT2D eigenvalue weighted by molar-refractivity contribution is -0.128. The number of carbonyl (C=O) groups excluding carboxylic acids is 2. The molecular weight excluding hydrogens is 441 g/mol. The normalized spacial score (nSPS) is 20.0. The number of carbonyl (C=O) groups is 2. The van der Waals surface area contributed by atoms with Gasteiger partial charge >= 0.3 is 6.09 Å². The molecule has 0 radical (unpaired) electrons. The predicted molar refractivity (Wildman–Crippen MR) is 124 cm³/mol. The molecule has 4 heterocycles. The smallest absolute Gasteiger partial charge is 0.415 e. The van der Waals surface area contributed by atoms with Crippen molar-refractivity contribution in [3.05, 3.63) is 54.0 Å². The number of ether oxygens (including phenoxy) is 2. The molecule has 2 saturated heterocycles. The van der Waals surface area contributed by atoms with Gasteiger partial charge in [0.25, 0.3) is 5.91 Å². The molecule has 0 bridgehead atoms. The average Bonchev–Trinajstić information content (AvgIpc) is 3.46. The topological polar surface area (TPSA) is 96.9 Å². The third kappa shape index (κ3) is 4.07. The summed E-state index contributed by atoms with van der Waals surface area (Å²) in [6, 6.07) is 9.90. The van der Waals surface area contributed by atoms with E-state index in [4.69, 9.17) is 9.47 Å². The summed E-state index contributed by atoms with van der Waals surface area (Å²) in [6.07, 6.45) is 0.837. The van der Waals surface area contributed by atoms with Crippen molar-refractivity contribution in [1.29, 1.82) is 0 Å². The molecule has 176 valence electrons. The number of hydrogen-bond donors (Lipinski definition) is 1. The van der Waals surface area contributed by atoms with Gasteiger partial charge in [-0.3, -0.25) is 14.7 Å². The fourth-order valence-electron chi connectivity index (χ4n) is 4.31. The third-order valence-corrected chi connectivity index (χ3v) is 6.19. The van der Waals surface area contributed by atoms with Crippen LogP contribution in [-0.2, 0) is 9.53 Å².